The summed E-state index contributed by atoms with van der Waals surface area (Å²) in [7, 11) is -3.79. The van der Waals surface area contributed by atoms with Crippen molar-refractivity contribution in [3.63, 3.8) is 0 Å². The van der Waals surface area contributed by atoms with Crippen LogP contribution in [0.4, 0.5) is 5.69 Å². The van der Waals surface area contributed by atoms with Gasteiger partial charge in [-0.05, 0) is 48.0 Å². The molecule has 0 saturated carbocycles. The Morgan fingerprint density at radius 3 is 2.30 bits per heavy atom. The summed E-state index contributed by atoms with van der Waals surface area (Å²) in [6.07, 6.45) is 4.52. The van der Waals surface area contributed by atoms with Gasteiger partial charge in [0, 0.05) is 18.1 Å². The molecule has 0 unspecified atom stereocenters. The second-order valence-corrected chi connectivity index (χ2v) is 6.04. The average Bonchev–Trinajstić information content (AvgIpc) is 2.53. The first-order chi connectivity index (χ1) is 10.9. The summed E-state index contributed by atoms with van der Waals surface area (Å²) in [5.41, 5.74) is 0.918. The van der Waals surface area contributed by atoms with Gasteiger partial charge in [0.05, 0.1) is 4.90 Å². The number of nitriles is 1. The maximum atomic E-state index is 12.1. The predicted octanol–water partition coefficient (Wildman–Crippen LogP) is 1.27. The third-order valence-electron chi connectivity index (χ3n) is 2.82. The number of nitrogens with two attached hydrogens (primary N) is 1. The zero-order chi connectivity index (χ0) is 16.9. The van der Waals surface area contributed by atoms with Crippen LogP contribution in [0.25, 0.3) is 6.08 Å². The summed E-state index contributed by atoms with van der Waals surface area (Å²) in [6.45, 7) is 0. The van der Waals surface area contributed by atoms with E-state index in [1.54, 1.807) is 24.5 Å². The molecule has 7 nitrogen and oxygen atoms in total. The van der Waals surface area contributed by atoms with Gasteiger partial charge in [0.15, 0.2) is 0 Å². The zero-order valence-corrected chi connectivity index (χ0v) is 12.6. The van der Waals surface area contributed by atoms with Gasteiger partial charge in [-0.2, -0.15) is 5.26 Å². The smallest absolute Gasteiger partial charge is 0.266 e. The van der Waals surface area contributed by atoms with Crippen LogP contribution in [0.5, 0.6) is 0 Å². The van der Waals surface area contributed by atoms with E-state index in [4.69, 9.17) is 10.4 Å². The van der Waals surface area contributed by atoms with Gasteiger partial charge in [-0.25, -0.2) is 13.6 Å². The minimum atomic E-state index is -3.79. The lowest BCUT2D eigenvalue weighted by atomic mass is 10.1. The molecule has 2 rings (SSSR count). The van der Waals surface area contributed by atoms with E-state index in [1.807, 2.05) is 6.07 Å². The number of benzene rings is 1. The Morgan fingerprint density at radius 2 is 1.78 bits per heavy atom. The monoisotopic (exact) mass is 328 g/mol. The van der Waals surface area contributed by atoms with Gasteiger partial charge in [0.1, 0.15) is 11.6 Å². The van der Waals surface area contributed by atoms with Crippen molar-refractivity contribution in [2.75, 3.05) is 5.32 Å². The second-order valence-electron chi connectivity index (χ2n) is 4.47. The summed E-state index contributed by atoms with van der Waals surface area (Å²) in [6, 6.07) is 10.4. The first kappa shape index (κ1) is 16.4. The Balaban J connectivity index is 2.18. The molecule has 3 N–H and O–H groups in total. The van der Waals surface area contributed by atoms with Gasteiger partial charge in [-0.15, -0.1) is 0 Å². The third kappa shape index (κ3) is 4.47. The van der Waals surface area contributed by atoms with E-state index in [9.17, 15) is 13.2 Å². The number of sulfonamides is 1. The number of carbonyl (C=O) groups excluding carboxylic acids is 1. The van der Waals surface area contributed by atoms with Crippen LogP contribution in [-0.4, -0.2) is 19.3 Å². The minimum Gasteiger partial charge on any atom is -0.321 e. The number of aromatic nitrogens is 1. The van der Waals surface area contributed by atoms with E-state index >= 15 is 0 Å². The maximum absolute atomic E-state index is 12.1. The van der Waals surface area contributed by atoms with Gasteiger partial charge < -0.3 is 5.32 Å². The lowest BCUT2D eigenvalue weighted by Gasteiger charge is -2.05. The molecule has 0 aliphatic heterocycles. The highest BCUT2D eigenvalue weighted by molar-refractivity contribution is 7.89. The molecule has 0 atom stereocenters. The van der Waals surface area contributed by atoms with E-state index in [2.05, 4.69) is 10.3 Å². The second kappa shape index (κ2) is 6.83. The molecule has 0 spiro atoms. The number of anilines is 1. The summed E-state index contributed by atoms with van der Waals surface area (Å²) in [4.78, 5) is 15.9. The van der Waals surface area contributed by atoms with Gasteiger partial charge in [0.2, 0.25) is 10.0 Å². The molecule has 8 heteroatoms. The number of amides is 1. The molecule has 116 valence electrons. The normalized spacial score (nSPS) is 11.6. The molecule has 1 heterocycles. The fourth-order valence-corrected chi connectivity index (χ4v) is 2.22. The van der Waals surface area contributed by atoms with Crippen LogP contribution in [-0.2, 0) is 14.8 Å². The molecule has 0 radical (unpaired) electrons. The van der Waals surface area contributed by atoms with Crippen LogP contribution >= 0.6 is 0 Å². The van der Waals surface area contributed by atoms with Crippen LogP contribution in [0.3, 0.4) is 0 Å². The van der Waals surface area contributed by atoms with E-state index in [-0.39, 0.29) is 10.5 Å². The fraction of sp³-hybridized carbons (Fsp3) is 0. The minimum absolute atomic E-state index is 0.0664. The highest BCUT2D eigenvalue weighted by atomic mass is 32.2. The van der Waals surface area contributed by atoms with Gasteiger partial charge in [-0.3, -0.25) is 9.78 Å². The zero-order valence-electron chi connectivity index (χ0n) is 11.8. The Kier molecular flexibility index (Phi) is 4.85. The first-order valence-corrected chi connectivity index (χ1v) is 7.91. The van der Waals surface area contributed by atoms with Crippen molar-refractivity contribution in [1.82, 2.24) is 4.98 Å². The molecule has 0 aliphatic carbocycles. The van der Waals surface area contributed by atoms with Crippen molar-refractivity contribution in [2.45, 2.75) is 4.90 Å². The molecule has 23 heavy (non-hydrogen) atoms. The topological polar surface area (TPSA) is 126 Å². The Labute approximate surface area is 133 Å². The number of nitrogens with one attached hydrogen (secondary N) is 1. The van der Waals surface area contributed by atoms with Crippen molar-refractivity contribution < 1.29 is 13.2 Å². The lowest BCUT2D eigenvalue weighted by Crippen LogP contribution is -2.14. The van der Waals surface area contributed by atoms with E-state index in [0.29, 0.717) is 11.3 Å². The molecule has 0 saturated heterocycles. The summed E-state index contributed by atoms with van der Waals surface area (Å²) in [5.74, 6) is -0.604. The summed E-state index contributed by atoms with van der Waals surface area (Å²) < 4.78 is 22.3. The van der Waals surface area contributed by atoms with Gasteiger partial charge >= 0.3 is 0 Å². The number of nitrogens with zero attached hydrogens (tertiary/aromatic N) is 2. The molecule has 1 amide bonds. The van der Waals surface area contributed by atoms with Crippen LogP contribution in [0, 0.1) is 11.3 Å². The molecule has 2 aromatic rings. The quantitative estimate of drug-likeness (QED) is 0.645. The molecular formula is C15H12N4O3S. The van der Waals surface area contributed by atoms with Crippen LogP contribution in [0.15, 0.2) is 59.3 Å². The highest BCUT2D eigenvalue weighted by Crippen LogP contribution is 2.14. The Hall–Kier alpha value is -3.02. The largest absolute Gasteiger partial charge is 0.321 e. The highest BCUT2D eigenvalue weighted by Gasteiger charge is 2.11. The van der Waals surface area contributed by atoms with Crippen molar-refractivity contribution in [2.24, 2.45) is 5.14 Å². The van der Waals surface area contributed by atoms with E-state index in [1.165, 1.54) is 30.3 Å². The molecule has 0 fully saturated rings. The van der Waals surface area contributed by atoms with Crippen molar-refractivity contribution in [3.05, 3.63) is 59.9 Å². The van der Waals surface area contributed by atoms with Crippen LogP contribution in [0.1, 0.15) is 5.56 Å². The maximum Gasteiger partial charge on any atom is 0.266 e. The molecule has 0 aliphatic rings. The van der Waals surface area contributed by atoms with Crippen molar-refractivity contribution >= 4 is 27.7 Å². The predicted molar refractivity (Wildman–Crippen MR) is 84.3 cm³/mol. The number of pyridine rings is 1. The van der Waals surface area contributed by atoms with E-state index < -0.39 is 15.9 Å². The summed E-state index contributed by atoms with van der Waals surface area (Å²) in [5, 5.41) is 16.6. The molecule has 1 aromatic heterocycles. The summed E-state index contributed by atoms with van der Waals surface area (Å²) >= 11 is 0. The van der Waals surface area contributed by atoms with Crippen LogP contribution < -0.4 is 10.5 Å². The standard InChI is InChI=1S/C15H12N4O3S/c16-10-12(9-11-5-7-18-8-6-11)15(20)19-13-1-3-14(4-2-13)23(17,21)22/h1-9H,(H,19,20)(H2,17,21,22). The Morgan fingerprint density at radius 1 is 1.17 bits per heavy atom. The average molecular weight is 328 g/mol. The van der Waals surface area contributed by atoms with E-state index in [0.717, 1.165) is 0 Å². The Bertz CT molecular complexity index is 883. The number of hydrogen-bond acceptors (Lipinski definition) is 5. The fourth-order valence-electron chi connectivity index (χ4n) is 1.70. The third-order valence-corrected chi connectivity index (χ3v) is 3.75. The van der Waals surface area contributed by atoms with Crippen molar-refractivity contribution in [3.8, 4) is 6.07 Å². The molecule has 1 aromatic carbocycles. The number of primary sulfonamides is 1. The lowest BCUT2D eigenvalue weighted by molar-refractivity contribution is -0.112. The SMILES string of the molecule is N#CC(=Cc1ccncc1)C(=O)Nc1ccc(S(N)(=O)=O)cc1. The van der Waals surface area contributed by atoms with Crippen molar-refractivity contribution in [1.29, 1.82) is 5.26 Å². The number of carbonyl (C=O) groups is 1. The van der Waals surface area contributed by atoms with Gasteiger partial charge in [-0.1, -0.05) is 0 Å². The molecular weight excluding hydrogens is 316 g/mol. The van der Waals surface area contributed by atoms with Gasteiger partial charge in [0.25, 0.3) is 5.91 Å². The van der Waals surface area contributed by atoms with Crippen LogP contribution in [0.2, 0.25) is 0 Å². The molecule has 0 bridgehead atoms. The first-order valence-electron chi connectivity index (χ1n) is 6.36. The number of hydrogen-bond donors (Lipinski definition) is 2. The number of rotatable bonds is 4.